The quantitative estimate of drug-likeness (QED) is 0.165. The number of aromatic nitrogens is 2. The molecule has 0 aliphatic carbocycles. The third-order valence-electron chi connectivity index (χ3n) is 9.69. The first-order chi connectivity index (χ1) is 25.1. The van der Waals surface area contributed by atoms with Crippen LogP contribution in [0.4, 0.5) is 10.5 Å². The number of aryl methyl sites for hydroxylation is 1. The zero-order valence-corrected chi connectivity index (χ0v) is 30.2. The van der Waals surface area contributed by atoms with Crippen molar-refractivity contribution in [3.8, 4) is 17.3 Å². The largest absolute Gasteiger partial charge is 0.469 e. The number of para-hydroxylation sites is 1. The summed E-state index contributed by atoms with van der Waals surface area (Å²) in [5.41, 5.74) is 3.03. The summed E-state index contributed by atoms with van der Waals surface area (Å²) in [7, 11) is 1.27. The van der Waals surface area contributed by atoms with Crippen LogP contribution in [-0.4, -0.2) is 47.3 Å². The molecule has 0 saturated heterocycles. The van der Waals surface area contributed by atoms with Crippen molar-refractivity contribution >= 4 is 39.6 Å². The Balaban J connectivity index is 1.31. The second kappa shape index (κ2) is 12.9. The van der Waals surface area contributed by atoms with Crippen LogP contribution in [0.2, 0.25) is 0 Å². The van der Waals surface area contributed by atoms with Gasteiger partial charge in [0.1, 0.15) is 35.6 Å². The smallest absolute Gasteiger partial charge is 0.408 e. The highest BCUT2D eigenvalue weighted by atomic mass is 79.9. The van der Waals surface area contributed by atoms with Gasteiger partial charge in [-0.3, -0.25) is 4.79 Å². The van der Waals surface area contributed by atoms with E-state index in [2.05, 4.69) is 36.9 Å². The molecule has 2 aromatic heterocycles. The summed E-state index contributed by atoms with van der Waals surface area (Å²) >= 11 is 3.71. The second-order valence-corrected chi connectivity index (χ2v) is 14.1. The molecule has 8 rings (SSSR count). The topological polar surface area (TPSA) is 167 Å². The fourth-order valence-electron chi connectivity index (χ4n) is 7.18. The lowest BCUT2D eigenvalue weighted by Gasteiger charge is -2.28. The Hall–Kier alpha value is -5.63. The average molecular weight is 769 g/mol. The SMILES string of the molecule is COC(=O)c1nc(-c2nc3oc2C24c5cc(ccc5OC2Nc2c(Br)cccc24)C[C@H](NC(=O)OCc2ccccc2)C(=O)N[C@H]3C(C)C)oc1C. The van der Waals surface area contributed by atoms with E-state index in [0.717, 1.165) is 32.4 Å². The Morgan fingerprint density at radius 3 is 2.62 bits per heavy atom. The summed E-state index contributed by atoms with van der Waals surface area (Å²) in [6.45, 7) is 5.50. The minimum Gasteiger partial charge on any atom is -0.469 e. The number of carbonyl (C=O) groups excluding carboxylic acids is 3. The van der Waals surface area contributed by atoms with Crippen molar-refractivity contribution < 1.29 is 37.4 Å². The predicted octanol–water partition coefficient (Wildman–Crippen LogP) is 6.33. The normalized spacial score (nSPS) is 21.1. The molecule has 13 nitrogen and oxygen atoms in total. The third-order valence-corrected chi connectivity index (χ3v) is 10.4. The Kier molecular flexibility index (Phi) is 8.28. The van der Waals surface area contributed by atoms with Crippen molar-refractivity contribution in [2.24, 2.45) is 5.92 Å². The highest BCUT2D eigenvalue weighted by Gasteiger charge is 2.61. The van der Waals surface area contributed by atoms with Gasteiger partial charge in [-0.15, -0.1) is 0 Å². The number of rotatable bonds is 6. The van der Waals surface area contributed by atoms with Crippen LogP contribution in [0.5, 0.6) is 5.75 Å². The monoisotopic (exact) mass is 767 g/mol. The first-order valence-electron chi connectivity index (χ1n) is 16.8. The number of benzene rings is 3. The maximum atomic E-state index is 14.1. The molecule has 4 atom stereocenters. The first-order valence-corrected chi connectivity index (χ1v) is 17.6. The van der Waals surface area contributed by atoms with Gasteiger partial charge in [-0.1, -0.05) is 68.4 Å². The molecule has 3 aliphatic heterocycles. The summed E-state index contributed by atoms with van der Waals surface area (Å²) in [4.78, 5) is 49.4. The van der Waals surface area contributed by atoms with Gasteiger partial charge in [0.15, 0.2) is 23.4 Å². The number of nitrogens with one attached hydrogen (secondary N) is 3. The van der Waals surface area contributed by atoms with Gasteiger partial charge in [0.25, 0.3) is 0 Å². The molecular weight excluding hydrogens is 734 g/mol. The Bertz CT molecular complexity index is 2230. The van der Waals surface area contributed by atoms with Crippen LogP contribution in [0.15, 0.2) is 80.0 Å². The Morgan fingerprint density at radius 2 is 1.85 bits per heavy atom. The molecule has 3 N–H and O–H groups in total. The number of hydrogen-bond donors (Lipinski definition) is 3. The lowest BCUT2D eigenvalue weighted by Crippen LogP contribution is -2.49. The predicted molar refractivity (Wildman–Crippen MR) is 190 cm³/mol. The van der Waals surface area contributed by atoms with Crippen molar-refractivity contribution in [1.82, 2.24) is 20.6 Å². The maximum Gasteiger partial charge on any atom is 0.408 e. The molecule has 5 heterocycles. The lowest BCUT2D eigenvalue weighted by molar-refractivity contribution is -0.124. The molecule has 52 heavy (non-hydrogen) atoms. The van der Waals surface area contributed by atoms with E-state index in [0.29, 0.717) is 11.5 Å². The maximum absolute atomic E-state index is 14.1. The molecule has 0 fully saturated rings. The van der Waals surface area contributed by atoms with Crippen molar-refractivity contribution in [2.75, 3.05) is 12.4 Å². The van der Waals surface area contributed by atoms with Crippen LogP contribution >= 0.6 is 15.9 Å². The number of alkyl carbamates (subject to hydrolysis) is 1. The standard InChI is InChI=1S/C38H34BrN5O8/c1-18(2)27-33-43-30(34-42-28(19(3)50-34)35(46)48-4)31(52-33)38-22-11-8-12-24(39)29(22)44-36(38)51-26-14-13-21(15-23(26)38)16-25(32(45)41-27)40-37(47)49-17-20-9-6-5-7-10-20/h5-15,18,25,27,36,44H,16-17H2,1-4H3,(H,40,47)(H,41,45)/t25-,27-,36?,38?/m0/s1. The van der Waals surface area contributed by atoms with Gasteiger partial charge < -0.3 is 39.0 Å². The first kappa shape index (κ1) is 33.5. The zero-order valence-electron chi connectivity index (χ0n) is 28.6. The van der Waals surface area contributed by atoms with Gasteiger partial charge in [-0.2, -0.15) is 0 Å². The number of methoxy groups -OCH3 is 1. The summed E-state index contributed by atoms with van der Waals surface area (Å²) in [6, 6.07) is 19.0. The number of esters is 1. The molecule has 2 amide bonds. The van der Waals surface area contributed by atoms with Crippen LogP contribution in [0.1, 0.15) is 70.0 Å². The van der Waals surface area contributed by atoms with Gasteiger partial charge in [-0.25, -0.2) is 19.6 Å². The lowest BCUT2D eigenvalue weighted by atomic mass is 9.72. The summed E-state index contributed by atoms with van der Waals surface area (Å²) < 4.78 is 30.9. The van der Waals surface area contributed by atoms with E-state index in [1.807, 2.05) is 80.6 Å². The van der Waals surface area contributed by atoms with Crippen LogP contribution in [0, 0.1) is 12.8 Å². The van der Waals surface area contributed by atoms with Crippen LogP contribution < -0.4 is 20.7 Å². The molecule has 5 aromatic rings. The molecule has 1 spiro atoms. The molecule has 0 radical (unpaired) electrons. The van der Waals surface area contributed by atoms with E-state index in [4.69, 9.17) is 28.0 Å². The fourth-order valence-corrected chi connectivity index (χ4v) is 7.66. The van der Waals surface area contributed by atoms with Crippen LogP contribution in [-0.2, 0) is 32.7 Å². The van der Waals surface area contributed by atoms with Gasteiger partial charge >= 0.3 is 12.1 Å². The molecular formula is C38H34BrN5O8. The number of hydrogen-bond acceptors (Lipinski definition) is 11. The molecule has 4 bridgehead atoms. The van der Waals surface area contributed by atoms with Crippen molar-refractivity contribution in [3.05, 3.63) is 117 Å². The molecule has 14 heteroatoms. The number of oxazole rings is 2. The fraction of sp³-hybridized carbons (Fsp3) is 0.289. The summed E-state index contributed by atoms with van der Waals surface area (Å²) in [5.74, 6) is 0.0441. The molecule has 3 aliphatic rings. The van der Waals surface area contributed by atoms with E-state index in [-0.39, 0.29) is 47.9 Å². The number of nitrogens with zero attached hydrogens (tertiary/aromatic N) is 2. The molecule has 2 unspecified atom stereocenters. The number of anilines is 1. The van der Waals surface area contributed by atoms with Gasteiger partial charge in [0.2, 0.25) is 17.7 Å². The number of ether oxygens (including phenoxy) is 3. The molecule has 0 saturated carbocycles. The summed E-state index contributed by atoms with van der Waals surface area (Å²) in [6.07, 6.45) is -1.29. The van der Waals surface area contributed by atoms with Crippen molar-refractivity contribution in [2.45, 2.75) is 57.5 Å². The zero-order chi connectivity index (χ0) is 36.3. The van der Waals surface area contributed by atoms with Crippen molar-refractivity contribution in [3.63, 3.8) is 0 Å². The van der Waals surface area contributed by atoms with Gasteiger partial charge in [0, 0.05) is 22.0 Å². The number of carbonyl (C=O) groups is 3. The van der Waals surface area contributed by atoms with E-state index in [9.17, 15) is 14.4 Å². The Morgan fingerprint density at radius 1 is 1.04 bits per heavy atom. The molecule has 3 aromatic carbocycles. The Labute approximate surface area is 306 Å². The van der Waals surface area contributed by atoms with Gasteiger partial charge in [-0.05, 0) is 52.0 Å². The van der Waals surface area contributed by atoms with E-state index in [1.54, 1.807) is 6.92 Å². The number of amides is 2. The number of fused-ring (bicyclic) bond motifs is 4. The summed E-state index contributed by atoms with van der Waals surface area (Å²) in [5, 5.41) is 9.41. The van der Waals surface area contributed by atoms with Crippen molar-refractivity contribution in [1.29, 1.82) is 0 Å². The third kappa shape index (κ3) is 5.40. The van der Waals surface area contributed by atoms with E-state index in [1.165, 1.54) is 7.11 Å². The highest BCUT2D eigenvalue weighted by molar-refractivity contribution is 9.10. The minimum absolute atomic E-state index is 0.000190. The minimum atomic E-state index is -1.14. The van der Waals surface area contributed by atoms with E-state index >= 15 is 0 Å². The molecule has 266 valence electrons. The average Bonchev–Trinajstić information content (AvgIpc) is 3.89. The van der Waals surface area contributed by atoms with Crippen LogP contribution in [0.25, 0.3) is 11.6 Å². The second-order valence-electron chi connectivity index (χ2n) is 13.3. The number of halogens is 1. The van der Waals surface area contributed by atoms with Gasteiger partial charge in [0.05, 0.1) is 12.8 Å². The van der Waals surface area contributed by atoms with E-state index < -0.39 is 41.7 Å². The van der Waals surface area contributed by atoms with Crippen LogP contribution in [0.3, 0.4) is 0 Å². The highest BCUT2D eigenvalue weighted by Crippen LogP contribution is 2.60.